The summed E-state index contributed by atoms with van der Waals surface area (Å²) in [6.07, 6.45) is 1.45. The van der Waals surface area contributed by atoms with Crippen molar-refractivity contribution in [1.82, 2.24) is 34.8 Å². The molecule has 0 aliphatic heterocycles. The van der Waals surface area contributed by atoms with Crippen molar-refractivity contribution >= 4 is 11.5 Å². The van der Waals surface area contributed by atoms with Crippen LogP contribution in [0.25, 0.3) is 5.65 Å². The molecule has 1 unspecified atom stereocenters. The number of hydrogen-bond donors (Lipinski definition) is 3. The molecule has 1 atom stereocenters. The number of nitrogens with one attached hydrogen (secondary N) is 3. The molecule has 3 aromatic rings. The summed E-state index contributed by atoms with van der Waals surface area (Å²) < 4.78 is 1.41. The smallest absolute Gasteiger partial charge is 0.349 e. The van der Waals surface area contributed by atoms with Crippen LogP contribution < -0.4 is 11.0 Å². The average Bonchev–Trinajstić information content (AvgIpc) is 2.99. The summed E-state index contributed by atoms with van der Waals surface area (Å²) in [5.41, 5.74) is 0.222. The zero-order valence-electron chi connectivity index (χ0n) is 10.4. The van der Waals surface area contributed by atoms with Gasteiger partial charge in [-0.3, -0.25) is 5.10 Å². The normalized spacial score (nSPS) is 12.7. The molecule has 9 heteroatoms. The monoisotopic (exact) mass is 260 g/mol. The number of nitrogens with zero attached hydrogens (tertiary/aromatic N) is 5. The van der Waals surface area contributed by atoms with E-state index in [0.29, 0.717) is 23.1 Å². The molecule has 0 fully saturated rings. The Morgan fingerprint density at radius 2 is 2.26 bits per heavy atom. The number of aromatic amines is 2. The molecule has 98 valence electrons. The Morgan fingerprint density at radius 1 is 1.42 bits per heavy atom. The minimum Gasteiger partial charge on any atom is -0.360 e. The van der Waals surface area contributed by atoms with Crippen LogP contribution in [0.3, 0.4) is 0 Å². The Morgan fingerprint density at radius 3 is 3.00 bits per heavy atom. The zero-order chi connectivity index (χ0) is 13.4. The third-order valence-electron chi connectivity index (χ3n) is 2.78. The lowest BCUT2D eigenvalue weighted by Gasteiger charge is -2.12. The Kier molecular flexibility index (Phi) is 2.51. The van der Waals surface area contributed by atoms with Crippen LogP contribution in [0.2, 0.25) is 0 Å². The van der Waals surface area contributed by atoms with Gasteiger partial charge in [0.1, 0.15) is 23.8 Å². The molecule has 0 radical (unpaired) electrons. The van der Waals surface area contributed by atoms with Crippen molar-refractivity contribution in [1.29, 1.82) is 0 Å². The van der Waals surface area contributed by atoms with Crippen molar-refractivity contribution in [3.05, 3.63) is 34.5 Å². The fourth-order valence-electron chi connectivity index (χ4n) is 1.89. The molecule has 3 heterocycles. The third kappa shape index (κ3) is 1.94. The summed E-state index contributed by atoms with van der Waals surface area (Å²) in [5.74, 6) is 1.88. The number of aromatic nitrogens is 7. The summed E-state index contributed by atoms with van der Waals surface area (Å²) in [5, 5.41) is 16.1. The van der Waals surface area contributed by atoms with E-state index in [4.69, 9.17) is 0 Å². The lowest BCUT2D eigenvalue weighted by atomic mass is 10.3. The number of hydrogen-bond acceptors (Lipinski definition) is 6. The van der Waals surface area contributed by atoms with Gasteiger partial charge in [0.05, 0.1) is 6.04 Å². The van der Waals surface area contributed by atoms with Gasteiger partial charge in [-0.25, -0.2) is 24.3 Å². The number of aryl methyl sites for hydroxylation is 1. The summed E-state index contributed by atoms with van der Waals surface area (Å²) in [6.45, 7) is 3.67. The summed E-state index contributed by atoms with van der Waals surface area (Å²) >= 11 is 0. The minimum absolute atomic E-state index is 0.0810. The van der Waals surface area contributed by atoms with Crippen molar-refractivity contribution in [3.63, 3.8) is 0 Å². The Hall–Kier alpha value is -2.71. The average molecular weight is 260 g/mol. The molecule has 3 rings (SSSR count). The van der Waals surface area contributed by atoms with Crippen LogP contribution in [-0.2, 0) is 0 Å². The second-order valence-corrected chi connectivity index (χ2v) is 4.15. The highest BCUT2D eigenvalue weighted by atomic mass is 16.1. The van der Waals surface area contributed by atoms with E-state index in [0.717, 1.165) is 0 Å². The first-order valence-corrected chi connectivity index (χ1v) is 5.72. The Bertz CT molecular complexity index is 756. The highest BCUT2D eigenvalue weighted by Gasteiger charge is 2.11. The number of fused-ring (bicyclic) bond motifs is 1. The molecule has 0 saturated carbocycles. The number of H-pyrrole nitrogens is 2. The van der Waals surface area contributed by atoms with Gasteiger partial charge in [0.2, 0.25) is 0 Å². The quantitative estimate of drug-likeness (QED) is 0.611. The fourth-order valence-corrected chi connectivity index (χ4v) is 1.89. The molecule has 0 saturated heterocycles. The van der Waals surface area contributed by atoms with Crippen molar-refractivity contribution in [2.45, 2.75) is 19.9 Å². The van der Waals surface area contributed by atoms with Crippen LogP contribution in [0.1, 0.15) is 24.6 Å². The van der Waals surface area contributed by atoms with E-state index in [2.05, 4.69) is 35.7 Å². The van der Waals surface area contributed by atoms with E-state index in [9.17, 15) is 4.79 Å². The predicted octanol–water partition coefficient (Wildman–Crippen LogP) is 0.0172. The topological polar surface area (TPSA) is 117 Å². The van der Waals surface area contributed by atoms with E-state index in [-0.39, 0.29) is 11.7 Å². The van der Waals surface area contributed by atoms with Crippen LogP contribution in [0, 0.1) is 6.92 Å². The maximum absolute atomic E-state index is 11.5. The molecule has 19 heavy (non-hydrogen) atoms. The molecule has 9 nitrogen and oxygen atoms in total. The van der Waals surface area contributed by atoms with Gasteiger partial charge in [-0.05, 0) is 13.8 Å². The molecule has 0 bridgehead atoms. The lowest BCUT2D eigenvalue weighted by molar-refractivity contribution is 0.786. The van der Waals surface area contributed by atoms with Crippen molar-refractivity contribution in [2.24, 2.45) is 0 Å². The molecule has 0 spiro atoms. The standard InChI is InChI=1S/C10H12N8O/c1-5(9-11-4-12-16-9)13-7-3-8-15-17-10(19)18(8)6(2)14-7/h3-5,13H,1-2H3,(H,17,19)(H,11,12,16). The Balaban J connectivity index is 1.95. The third-order valence-corrected chi connectivity index (χ3v) is 2.78. The van der Waals surface area contributed by atoms with Gasteiger partial charge in [0.15, 0.2) is 5.65 Å². The van der Waals surface area contributed by atoms with Crippen LogP contribution >= 0.6 is 0 Å². The van der Waals surface area contributed by atoms with Gasteiger partial charge in [0, 0.05) is 6.07 Å². The molecule has 3 N–H and O–H groups in total. The minimum atomic E-state index is -0.296. The van der Waals surface area contributed by atoms with Crippen LogP contribution in [0.5, 0.6) is 0 Å². The van der Waals surface area contributed by atoms with Gasteiger partial charge < -0.3 is 5.32 Å². The van der Waals surface area contributed by atoms with E-state index >= 15 is 0 Å². The second-order valence-electron chi connectivity index (χ2n) is 4.15. The molecular weight excluding hydrogens is 248 g/mol. The van der Waals surface area contributed by atoms with Crippen LogP contribution in [-0.4, -0.2) is 34.8 Å². The molecular formula is C10H12N8O. The first kappa shape index (κ1) is 11.4. The maximum Gasteiger partial charge on any atom is 0.349 e. The van der Waals surface area contributed by atoms with E-state index in [1.807, 2.05) is 6.92 Å². The fraction of sp³-hybridized carbons (Fsp3) is 0.300. The first-order valence-electron chi connectivity index (χ1n) is 5.72. The second kappa shape index (κ2) is 4.19. The highest BCUT2D eigenvalue weighted by molar-refractivity contribution is 5.50. The van der Waals surface area contributed by atoms with Crippen molar-refractivity contribution < 1.29 is 0 Å². The summed E-state index contributed by atoms with van der Waals surface area (Å²) in [4.78, 5) is 19.9. The number of anilines is 1. The molecule has 0 aliphatic rings. The molecule has 0 aromatic carbocycles. The zero-order valence-corrected chi connectivity index (χ0v) is 10.4. The van der Waals surface area contributed by atoms with Gasteiger partial charge in [0.25, 0.3) is 0 Å². The highest BCUT2D eigenvalue weighted by Crippen LogP contribution is 2.15. The summed E-state index contributed by atoms with van der Waals surface area (Å²) in [7, 11) is 0. The first-order chi connectivity index (χ1) is 9.15. The van der Waals surface area contributed by atoms with Gasteiger partial charge >= 0.3 is 5.69 Å². The molecule has 3 aromatic heterocycles. The summed E-state index contributed by atoms with van der Waals surface area (Å²) in [6, 6.07) is 1.61. The van der Waals surface area contributed by atoms with E-state index in [1.165, 1.54) is 10.7 Å². The largest absolute Gasteiger partial charge is 0.360 e. The molecule has 0 aliphatic carbocycles. The number of rotatable bonds is 3. The Labute approximate surface area is 107 Å². The van der Waals surface area contributed by atoms with E-state index in [1.54, 1.807) is 13.0 Å². The maximum atomic E-state index is 11.5. The van der Waals surface area contributed by atoms with Crippen LogP contribution in [0.15, 0.2) is 17.2 Å². The SMILES string of the molecule is Cc1nc(NC(C)c2ncn[nH]2)cc2n[nH]c(=O)n12. The van der Waals surface area contributed by atoms with Gasteiger partial charge in [-0.2, -0.15) is 10.2 Å². The lowest BCUT2D eigenvalue weighted by Crippen LogP contribution is -2.15. The predicted molar refractivity (Wildman–Crippen MR) is 66.8 cm³/mol. The molecule has 0 amide bonds. The van der Waals surface area contributed by atoms with E-state index < -0.39 is 0 Å². The van der Waals surface area contributed by atoms with Crippen LogP contribution in [0.4, 0.5) is 5.82 Å². The van der Waals surface area contributed by atoms with Gasteiger partial charge in [-0.15, -0.1) is 0 Å². The van der Waals surface area contributed by atoms with Crippen molar-refractivity contribution in [3.8, 4) is 0 Å². The van der Waals surface area contributed by atoms with Crippen molar-refractivity contribution in [2.75, 3.05) is 5.32 Å². The van der Waals surface area contributed by atoms with Gasteiger partial charge in [-0.1, -0.05) is 0 Å².